The number of likely N-dealkylation sites (tertiary alicyclic amines) is 1. The normalized spacial score (nSPS) is 23.5. The number of halogens is 3. The predicted octanol–water partition coefficient (Wildman–Crippen LogP) is 3.98. The fraction of sp³-hybridized carbons (Fsp3) is 0.261. The number of fused-ring (bicyclic) bond motifs is 1. The third kappa shape index (κ3) is 4.28. The summed E-state index contributed by atoms with van der Waals surface area (Å²) in [6, 6.07) is 7.60. The van der Waals surface area contributed by atoms with Gasteiger partial charge in [0.15, 0.2) is 6.17 Å². The summed E-state index contributed by atoms with van der Waals surface area (Å²) in [4.78, 5) is 19.1. The molecule has 1 saturated heterocycles. The molecule has 3 aliphatic rings. The molecule has 2 aromatic rings. The maximum absolute atomic E-state index is 14.4. The summed E-state index contributed by atoms with van der Waals surface area (Å²) in [5.41, 5.74) is 0.757. The highest BCUT2D eigenvalue weighted by Gasteiger charge is 2.36. The van der Waals surface area contributed by atoms with Crippen LogP contribution in [0.25, 0.3) is 0 Å². The Labute approximate surface area is 188 Å². The quantitative estimate of drug-likeness (QED) is 0.737. The number of urea groups is 1. The Morgan fingerprint density at radius 2 is 1.85 bits per heavy atom. The number of aliphatic imine (C=N–C) groups is 1. The molecule has 2 amide bonds. The molecule has 2 unspecified atom stereocenters. The van der Waals surface area contributed by atoms with Crippen LogP contribution in [0.1, 0.15) is 24.4 Å². The van der Waals surface area contributed by atoms with Crippen LogP contribution in [0.3, 0.4) is 0 Å². The molecule has 2 N–H and O–H groups in total. The van der Waals surface area contributed by atoms with E-state index >= 15 is 0 Å². The Bertz CT molecular complexity index is 1150. The summed E-state index contributed by atoms with van der Waals surface area (Å²) in [6.07, 6.45) is 6.10. The number of anilines is 1. The van der Waals surface area contributed by atoms with Crippen molar-refractivity contribution in [2.75, 3.05) is 11.9 Å². The Morgan fingerprint density at radius 3 is 2.67 bits per heavy atom. The summed E-state index contributed by atoms with van der Waals surface area (Å²) in [5.74, 6) is -0.699. The molecular weight excluding hydrogens is 433 g/mol. The number of hydrazone groups is 1. The Hall–Kier alpha value is -3.82. The van der Waals surface area contributed by atoms with Crippen LogP contribution in [0, 0.1) is 17.5 Å². The van der Waals surface area contributed by atoms with E-state index in [1.165, 1.54) is 30.3 Å². The van der Waals surface area contributed by atoms with E-state index in [2.05, 4.69) is 15.7 Å². The molecule has 0 aromatic heterocycles. The van der Waals surface area contributed by atoms with Crippen molar-refractivity contribution in [3.05, 3.63) is 77.8 Å². The van der Waals surface area contributed by atoms with Crippen LogP contribution in [0.15, 0.2) is 64.8 Å². The van der Waals surface area contributed by atoms with Crippen molar-refractivity contribution < 1.29 is 18.0 Å². The number of amidine groups is 1. The van der Waals surface area contributed by atoms with Crippen molar-refractivity contribution in [2.24, 2.45) is 10.1 Å². The van der Waals surface area contributed by atoms with Crippen LogP contribution < -0.4 is 10.6 Å². The van der Waals surface area contributed by atoms with Crippen LogP contribution in [0.2, 0.25) is 0 Å². The van der Waals surface area contributed by atoms with Crippen molar-refractivity contribution in [3.8, 4) is 0 Å². The Morgan fingerprint density at radius 1 is 1.06 bits per heavy atom. The topological polar surface area (TPSA) is 72.3 Å². The molecule has 3 heterocycles. The van der Waals surface area contributed by atoms with Gasteiger partial charge in [-0.3, -0.25) is 0 Å². The molecule has 0 bridgehead atoms. The van der Waals surface area contributed by atoms with Crippen LogP contribution in [0.4, 0.5) is 23.7 Å². The summed E-state index contributed by atoms with van der Waals surface area (Å²) < 4.78 is 41.3. The van der Waals surface area contributed by atoms with E-state index in [0.29, 0.717) is 30.1 Å². The van der Waals surface area contributed by atoms with E-state index in [-0.39, 0.29) is 6.04 Å². The maximum Gasteiger partial charge on any atom is 0.319 e. The molecule has 0 saturated carbocycles. The molecule has 3 atom stereocenters. The van der Waals surface area contributed by atoms with E-state index < -0.39 is 35.7 Å². The molecule has 2 aromatic carbocycles. The highest BCUT2D eigenvalue weighted by Crippen LogP contribution is 2.35. The first-order chi connectivity index (χ1) is 16.0. The minimum Gasteiger partial charge on any atom is -0.350 e. The third-order valence-electron chi connectivity index (χ3n) is 5.86. The van der Waals surface area contributed by atoms with Crippen LogP contribution in [0.5, 0.6) is 0 Å². The molecule has 170 valence electrons. The second kappa shape index (κ2) is 8.61. The number of carbonyl (C=O) groups excluding carboxylic acids is 1. The predicted molar refractivity (Wildman–Crippen MR) is 118 cm³/mol. The average molecular weight is 454 g/mol. The lowest BCUT2D eigenvalue weighted by atomic mass is 10.0. The van der Waals surface area contributed by atoms with Gasteiger partial charge in [0.05, 0.1) is 12.3 Å². The highest BCUT2D eigenvalue weighted by atomic mass is 19.1. The van der Waals surface area contributed by atoms with Gasteiger partial charge in [0.25, 0.3) is 0 Å². The summed E-state index contributed by atoms with van der Waals surface area (Å²) in [5, 5.41) is 11.3. The number of benzene rings is 2. The van der Waals surface area contributed by atoms with Gasteiger partial charge in [0, 0.05) is 24.0 Å². The molecule has 0 aliphatic carbocycles. The zero-order chi connectivity index (χ0) is 22.9. The monoisotopic (exact) mass is 454 g/mol. The van der Waals surface area contributed by atoms with Crippen LogP contribution in [-0.2, 0) is 0 Å². The van der Waals surface area contributed by atoms with Crippen molar-refractivity contribution in [1.82, 2.24) is 15.2 Å². The van der Waals surface area contributed by atoms with Gasteiger partial charge in [-0.25, -0.2) is 28.0 Å². The van der Waals surface area contributed by atoms with Crippen molar-refractivity contribution in [3.63, 3.8) is 0 Å². The standard InChI is InChI=1S/C23H21F3N6O/c24-14-3-6-16(7-4-14)28-23(33)29-19-13-27-32-11-9-21(30-22(19)32)31-10-1-2-20(31)17-12-15(25)5-8-18(17)26/h3-9,11-13,19-20,22H,1-2,10H2,(H2,28,29,33)/t19?,20-,22?/m1/s1. The second-order valence-corrected chi connectivity index (χ2v) is 8.01. The molecule has 3 aliphatic heterocycles. The number of carbonyl (C=O) groups is 1. The van der Waals surface area contributed by atoms with Crippen molar-refractivity contribution in [1.29, 1.82) is 0 Å². The summed E-state index contributed by atoms with van der Waals surface area (Å²) in [6.45, 7) is 0.653. The zero-order valence-electron chi connectivity index (χ0n) is 17.5. The van der Waals surface area contributed by atoms with Gasteiger partial charge in [-0.1, -0.05) is 0 Å². The van der Waals surface area contributed by atoms with Gasteiger partial charge in [0.1, 0.15) is 29.3 Å². The van der Waals surface area contributed by atoms with Crippen LogP contribution >= 0.6 is 0 Å². The number of rotatable bonds is 3. The minimum absolute atomic E-state index is 0.307. The minimum atomic E-state index is -0.516. The molecule has 5 rings (SSSR count). The lowest BCUT2D eigenvalue weighted by molar-refractivity contribution is 0.241. The molecular formula is C23H21F3N6O. The SMILES string of the molecule is O=C(Nc1ccc(F)cc1)NC1C=NN2C=CC(N3CCC[C@@H]3c3cc(F)ccc3F)=NC12. The van der Waals surface area contributed by atoms with Gasteiger partial charge in [0.2, 0.25) is 0 Å². The number of amides is 2. The Kier molecular flexibility index (Phi) is 5.49. The first-order valence-corrected chi connectivity index (χ1v) is 10.6. The van der Waals surface area contributed by atoms with Crippen molar-refractivity contribution >= 4 is 23.8 Å². The van der Waals surface area contributed by atoms with Gasteiger partial charge < -0.3 is 15.5 Å². The molecule has 0 radical (unpaired) electrons. The summed E-state index contributed by atoms with van der Waals surface area (Å²) in [7, 11) is 0. The number of hydrogen-bond acceptors (Lipinski definition) is 5. The van der Waals surface area contributed by atoms with Gasteiger partial charge in [-0.15, -0.1) is 0 Å². The van der Waals surface area contributed by atoms with Gasteiger partial charge >= 0.3 is 6.03 Å². The maximum atomic E-state index is 14.4. The lowest BCUT2D eigenvalue weighted by Gasteiger charge is -2.32. The molecule has 33 heavy (non-hydrogen) atoms. The largest absolute Gasteiger partial charge is 0.350 e. The third-order valence-corrected chi connectivity index (χ3v) is 5.86. The fourth-order valence-electron chi connectivity index (χ4n) is 4.31. The highest BCUT2D eigenvalue weighted by molar-refractivity contribution is 5.95. The van der Waals surface area contributed by atoms with E-state index in [9.17, 15) is 18.0 Å². The van der Waals surface area contributed by atoms with E-state index in [4.69, 9.17) is 4.99 Å². The van der Waals surface area contributed by atoms with E-state index in [1.54, 1.807) is 23.5 Å². The van der Waals surface area contributed by atoms with Crippen molar-refractivity contribution in [2.45, 2.75) is 31.1 Å². The number of hydrogen-bond donors (Lipinski definition) is 2. The average Bonchev–Trinajstić information content (AvgIpc) is 3.44. The molecule has 10 heteroatoms. The molecule has 0 spiro atoms. The van der Waals surface area contributed by atoms with Gasteiger partial charge in [-0.2, -0.15) is 5.10 Å². The second-order valence-electron chi connectivity index (χ2n) is 8.01. The van der Waals surface area contributed by atoms with Gasteiger partial charge in [-0.05, 0) is 61.4 Å². The van der Waals surface area contributed by atoms with E-state index in [0.717, 1.165) is 18.6 Å². The molecule has 7 nitrogen and oxygen atoms in total. The first kappa shape index (κ1) is 21.0. The number of nitrogens with zero attached hydrogens (tertiary/aromatic N) is 4. The lowest BCUT2D eigenvalue weighted by Crippen LogP contribution is -2.48. The van der Waals surface area contributed by atoms with Crippen LogP contribution in [-0.4, -0.2) is 46.7 Å². The summed E-state index contributed by atoms with van der Waals surface area (Å²) >= 11 is 0. The molecule has 1 fully saturated rings. The Balaban J connectivity index is 1.31. The fourth-order valence-corrected chi connectivity index (χ4v) is 4.31. The smallest absolute Gasteiger partial charge is 0.319 e. The zero-order valence-corrected chi connectivity index (χ0v) is 17.5. The van der Waals surface area contributed by atoms with E-state index in [1.807, 2.05) is 4.90 Å². The number of nitrogens with one attached hydrogen (secondary N) is 2. The first-order valence-electron chi connectivity index (χ1n) is 10.6.